The monoisotopic (exact) mass is 379 g/mol. The lowest BCUT2D eigenvalue weighted by molar-refractivity contribution is 0.329. The number of aromatic amines is 1. The fourth-order valence-electron chi connectivity index (χ4n) is 2.41. The van der Waals surface area contributed by atoms with Crippen molar-refractivity contribution >= 4 is 18.4 Å². The van der Waals surface area contributed by atoms with E-state index in [1.165, 1.54) is 7.11 Å². The highest BCUT2D eigenvalue weighted by molar-refractivity contribution is 7.71. The molecule has 136 valence electrons. The predicted octanol–water partition coefficient (Wildman–Crippen LogP) is 3.71. The van der Waals surface area contributed by atoms with E-state index in [9.17, 15) is 0 Å². The molecule has 3 aromatic rings. The van der Waals surface area contributed by atoms with E-state index in [4.69, 9.17) is 27.0 Å². The van der Waals surface area contributed by atoms with Gasteiger partial charge in [-0.3, -0.25) is 0 Å². The zero-order chi connectivity index (χ0) is 19.2. The second-order valence-corrected chi connectivity index (χ2v) is 6.02. The summed E-state index contributed by atoms with van der Waals surface area (Å²) in [6.45, 7) is 1.98. The van der Waals surface area contributed by atoms with Gasteiger partial charge in [0.2, 0.25) is 4.77 Å². The highest BCUT2D eigenvalue weighted by atomic mass is 32.1. The van der Waals surface area contributed by atoms with Gasteiger partial charge in [-0.2, -0.15) is 20.1 Å². The normalized spacial score (nSPS) is 10.7. The van der Waals surface area contributed by atoms with Gasteiger partial charge in [0.1, 0.15) is 6.07 Å². The maximum absolute atomic E-state index is 8.64. The highest BCUT2D eigenvalue weighted by Gasteiger charge is 2.08. The Bertz CT molecular complexity index is 1060. The molecule has 3 rings (SSSR count). The Balaban J connectivity index is 1.91. The van der Waals surface area contributed by atoms with Crippen molar-refractivity contribution in [2.75, 3.05) is 13.7 Å². The number of nitrogens with zero attached hydrogens (tertiary/aromatic N) is 4. The number of hydrogen-bond donors (Lipinski definition) is 1. The van der Waals surface area contributed by atoms with Crippen molar-refractivity contribution in [3.8, 4) is 29.0 Å². The van der Waals surface area contributed by atoms with Crippen LogP contribution in [-0.2, 0) is 0 Å². The Hall–Kier alpha value is -3.44. The minimum atomic E-state index is -0.0477. The van der Waals surface area contributed by atoms with E-state index in [1.54, 1.807) is 23.0 Å². The van der Waals surface area contributed by atoms with E-state index in [2.05, 4.69) is 15.3 Å². The van der Waals surface area contributed by atoms with Crippen LogP contribution in [0.5, 0.6) is 11.5 Å². The van der Waals surface area contributed by atoms with Crippen LogP contribution in [0.1, 0.15) is 11.1 Å². The third kappa shape index (κ3) is 4.22. The van der Waals surface area contributed by atoms with Gasteiger partial charge in [0.25, 0.3) is 0 Å². The second kappa shape index (κ2) is 8.29. The van der Waals surface area contributed by atoms with E-state index in [1.807, 2.05) is 43.3 Å². The van der Waals surface area contributed by atoms with E-state index < -0.39 is 0 Å². The molecule has 27 heavy (non-hydrogen) atoms. The molecule has 0 aliphatic heterocycles. The maximum Gasteiger partial charge on any atom is 0.216 e. The molecule has 8 heteroatoms. The first-order valence-corrected chi connectivity index (χ1v) is 8.50. The fraction of sp³-hybridized carbons (Fsp3) is 0.158. The third-order valence-corrected chi connectivity index (χ3v) is 4.03. The van der Waals surface area contributed by atoms with Gasteiger partial charge in [-0.25, -0.2) is 5.10 Å². The van der Waals surface area contributed by atoms with Crippen LogP contribution in [0.15, 0.2) is 47.6 Å². The maximum atomic E-state index is 8.64. The van der Waals surface area contributed by atoms with Crippen molar-refractivity contribution in [3.63, 3.8) is 0 Å². The van der Waals surface area contributed by atoms with E-state index in [0.29, 0.717) is 22.1 Å². The summed E-state index contributed by atoms with van der Waals surface area (Å²) < 4.78 is 12.6. The number of benzene rings is 2. The van der Waals surface area contributed by atoms with Crippen LogP contribution in [-0.4, -0.2) is 34.8 Å². The first kappa shape index (κ1) is 18.4. The number of nitriles is 1. The third-order valence-electron chi connectivity index (χ3n) is 3.76. The Kier molecular flexibility index (Phi) is 5.64. The molecule has 0 atom stereocenters. The standard InChI is InChI=1S/C19H17N5O2S/c1-13-3-6-15(7-4-13)18-22-23-19(27)24(18)21-12-14-5-8-16(26-10-9-20)17(11-14)25-2/h3-8,11-12H,10H2,1-2H3,(H,23,27)/b21-12-. The van der Waals surface area contributed by atoms with Crippen molar-refractivity contribution in [2.45, 2.75) is 6.92 Å². The van der Waals surface area contributed by atoms with Crippen molar-refractivity contribution in [1.29, 1.82) is 5.26 Å². The average Bonchev–Trinajstić information content (AvgIpc) is 3.06. The number of hydrogen-bond acceptors (Lipinski definition) is 6. The Labute approximate surface area is 161 Å². The molecule has 0 saturated carbocycles. The van der Waals surface area contributed by atoms with Gasteiger partial charge >= 0.3 is 0 Å². The van der Waals surface area contributed by atoms with Crippen LogP contribution in [0.3, 0.4) is 0 Å². The molecule has 0 amide bonds. The molecule has 2 aromatic carbocycles. The molecule has 1 N–H and O–H groups in total. The lowest BCUT2D eigenvalue weighted by Gasteiger charge is -2.08. The first-order chi connectivity index (χ1) is 13.1. The number of H-pyrrole nitrogens is 1. The minimum Gasteiger partial charge on any atom is -0.493 e. The van der Waals surface area contributed by atoms with Gasteiger partial charge in [-0.1, -0.05) is 29.8 Å². The van der Waals surface area contributed by atoms with E-state index >= 15 is 0 Å². The molecular formula is C19H17N5O2S. The van der Waals surface area contributed by atoms with Crippen molar-refractivity contribution in [3.05, 3.63) is 58.4 Å². The van der Waals surface area contributed by atoms with Gasteiger partial charge in [-0.05, 0) is 42.9 Å². The lowest BCUT2D eigenvalue weighted by atomic mass is 10.1. The summed E-state index contributed by atoms with van der Waals surface area (Å²) in [6, 6.07) is 15.2. The number of aromatic nitrogens is 3. The molecule has 0 radical (unpaired) electrons. The van der Waals surface area contributed by atoms with Crippen molar-refractivity contribution in [2.24, 2.45) is 5.10 Å². The number of aryl methyl sites for hydroxylation is 1. The largest absolute Gasteiger partial charge is 0.493 e. The first-order valence-electron chi connectivity index (χ1n) is 8.09. The number of rotatable bonds is 6. The summed E-state index contributed by atoms with van der Waals surface area (Å²) >= 11 is 5.29. The van der Waals surface area contributed by atoms with E-state index in [-0.39, 0.29) is 6.61 Å². The molecule has 0 saturated heterocycles. The van der Waals surface area contributed by atoms with Crippen LogP contribution in [0.4, 0.5) is 0 Å². The minimum absolute atomic E-state index is 0.0477. The van der Waals surface area contributed by atoms with Crippen LogP contribution in [0.25, 0.3) is 11.4 Å². The smallest absolute Gasteiger partial charge is 0.216 e. The lowest BCUT2D eigenvalue weighted by Crippen LogP contribution is -1.98. The van der Waals surface area contributed by atoms with Crippen LogP contribution in [0, 0.1) is 23.0 Å². The fourth-order valence-corrected chi connectivity index (χ4v) is 2.59. The molecule has 1 heterocycles. The summed E-state index contributed by atoms with van der Waals surface area (Å²) in [4.78, 5) is 0. The molecule has 0 spiro atoms. The quantitative estimate of drug-likeness (QED) is 0.521. The zero-order valence-corrected chi connectivity index (χ0v) is 15.7. The molecule has 1 aromatic heterocycles. The average molecular weight is 379 g/mol. The Morgan fingerprint density at radius 1 is 1.26 bits per heavy atom. The molecule has 0 bridgehead atoms. The van der Waals surface area contributed by atoms with Gasteiger partial charge in [0.15, 0.2) is 23.9 Å². The Morgan fingerprint density at radius 2 is 2.04 bits per heavy atom. The molecule has 7 nitrogen and oxygen atoms in total. The van der Waals surface area contributed by atoms with Gasteiger partial charge < -0.3 is 9.47 Å². The van der Waals surface area contributed by atoms with E-state index in [0.717, 1.165) is 16.7 Å². The summed E-state index contributed by atoms with van der Waals surface area (Å²) in [5.74, 6) is 1.64. The summed E-state index contributed by atoms with van der Waals surface area (Å²) in [7, 11) is 1.54. The van der Waals surface area contributed by atoms with Gasteiger partial charge in [0, 0.05) is 5.56 Å². The number of methoxy groups -OCH3 is 1. The molecular weight excluding hydrogens is 362 g/mol. The van der Waals surface area contributed by atoms with Crippen molar-refractivity contribution < 1.29 is 9.47 Å². The van der Waals surface area contributed by atoms with Crippen LogP contribution < -0.4 is 9.47 Å². The van der Waals surface area contributed by atoms with Crippen LogP contribution >= 0.6 is 12.2 Å². The van der Waals surface area contributed by atoms with Gasteiger partial charge in [0.05, 0.1) is 13.3 Å². The molecule has 0 aliphatic rings. The topological polar surface area (TPSA) is 88.2 Å². The second-order valence-electron chi connectivity index (χ2n) is 5.63. The molecule has 0 aliphatic carbocycles. The molecule has 0 fully saturated rings. The zero-order valence-electron chi connectivity index (χ0n) is 14.8. The van der Waals surface area contributed by atoms with Crippen LogP contribution in [0.2, 0.25) is 0 Å². The number of ether oxygens (including phenoxy) is 2. The SMILES string of the molecule is COc1cc(/C=N\n2c(-c3ccc(C)cc3)n[nH]c2=S)ccc1OCC#N. The van der Waals surface area contributed by atoms with Gasteiger partial charge in [-0.15, -0.1) is 0 Å². The van der Waals surface area contributed by atoms with Crippen molar-refractivity contribution in [1.82, 2.24) is 14.9 Å². The number of nitrogens with one attached hydrogen (secondary N) is 1. The Morgan fingerprint density at radius 3 is 2.74 bits per heavy atom. The molecule has 0 unspecified atom stereocenters. The summed E-state index contributed by atoms with van der Waals surface area (Å²) in [5, 5.41) is 20.1. The highest BCUT2D eigenvalue weighted by Crippen LogP contribution is 2.27. The summed E-state index contributed by atoms with van der Waals surface area (Å²) in [6.07, 6.45) is 1.65. The predicted molar refractivity (Wildman–Crippen MR) is 105 cm³/mol. The summed E-state index contributed by atoms with van der Waals surface area (Å²) in [5.41, 5.74) is 2.85.